The Labute approximate surface area is 162 Å². The summed E-state index contributed by atoms with van der Waals surface area (Å²) in [5.74, 6) is -0.467. The molecule has 3 heterocycles. The van der Waals surface area contributed by atoms with Crippen LogP contribution in [0.15, 0.2) is 23.8 Å². The van der Waals surface area contributed by atoms with Crippen LogP contribution in [-0.2, 0) is 14.3 Å². The van der Waals surface area contributed by atoms with Gasteiger partial charge in [-0.15, -0.1) is 6.58 Å². The Bertz CT molecular complexity index is 920. The molecule has 1 aliphatic heterocycles. The molecule has 1 saturated heterocycles. The summed E-state index contributed by atoms with van der Waals surface area (Å²) < 4.78 is 13.5. The predicted octanol–water partition coefficient (Wildman–Crippen LogP) is 0.920. The Morgan fingerprint density at radius 2 is 2.32 bits per heavy atom. The third-order valence-corrected chi connectivity index (χ3v) is 4.69. The molecule has 0 radical (unpaired) electrons. The van der Waals surface area contributed by atoms with E-state index in [1.807, 2.05) is 6.92 Å². The Morgan fingerprint density at radius 3 is 2.96 bits per heavy atom. The lowest BCUT2D eigenvalue weighted by Gasteiger charge is -2.22. The lowest BCUT2D eigenvalue weighted by atomic mass is 10.1. The van der Waals surface area contributed by atoms with E-state index in [1.165, 1.54) is 6.33 Å². The third-order valence-electron chi connectivity index (χ3n) is 4.69. The van der Waals surface area contributed by atoms with Crippen molar-refractivity contribution in [1.29, 1.82) is 0 Å². The van der Waals surface area contributed by atoms with Gasteiger partial charge in [0, 0.05) is 5.92 Å². The van der Waals surface area contributed by atoms with E-state index in [1.54, 1.807) is 24.5 Å². The second-order valence-electron chi connectivity index (χ2n) is 7.02. The van der Waals surface area contributed by atoms with Gasteiger partial charge in [0.2, 0.25) is 11.9 Å². The number of nitrogens with one attached hydrogen (secondary N) is 2. The first-order chi connectivity index (χ1) is 13.4. The highest BCUT2D eigenvalue weighted by Gasteiger charge is 2.44. The number of hydrogen-bond donors (Lipinski definition) is 3. The fraction of sp³-hybridized carbons (Fsp3) is 0.556. The zero-order valence-electron chi connectivity index (χ0n) is 16.2. The maximum absolute atomic E-state index is 12.4. The van der Waals surface area contributed by atoms with Gasteiger partial charge in [-0.25, -0.2) is 4.98 Å². The Balaban J connectivity index is 2.01. The SMILES string of the molecule is C=CCO[C@@H]1[C@H](N)[C@@H](CC)O[C@H]1n1cnc2c(=O)[nH]c(NC(=O)C(C)C)nc21. The molecule has 0 spiro atoms. The summed E-state index contributed by atoms with van der Waals surface area (Å²) >= 11 is 0. The molecule has 28 heavy (non-hydrogen) atoms. The molecule has 10 nitrogen and oxygen atoms in total. The molecule has 3 rings (SSSR count). The van der Waals surface area contributed by atoms with E-state index in [0.29, 0.717) is 13.0 Å². The number of amides is 1. The quantitative estimate of drug-likeness (QED) is 0.598. The number of nitrogens with two attached hydrogens (primary N) is 1. The van der Waals surface area contributed by atoms with Crippen molar-refractivity contribution in [2.75, 3.05) is 11.9 Å². The number of fused-ring (bicyclic) bond motifs is 1. The number of carbonyl (C=O) groups is 1. The number of ether oxygens (including phenoxy) is 2. The normalized spacial score (nSPS) is 24.8. The molecule has 152 valence electrons. The molecular formula is C18H26N6O4. The van der Waals surface area contributed by atoms with Crippen molar-refractivity contribution in [1.82, 2.24) is 19.5 Å². The minimum Gasteiger partial charge on any atom is -0.368 e. The van der Waals surface area contributed by atoms with Gasteiger partial charge in [0.05, 0.1) is 25.1 Å². The monoisotopic (exact) mass is 390 g/mol. The number of nitrogens with zero attached hydrogens (tertiary/aromatic N) is 3. The Kier molecular flexibility index (Phi) is 5.92. The molecule has 0 aliphatic carbocycles. The van der Waals surface area contributed by atoms with Gasteiger partial charge < -0.3 is 15.2 Å². The zero-order chi connectivity index (χ0) is 20.4. The first-order valence-electron chi connectivity index (χ1n) is 9.28. The number of aromatic amines is 1. The molecule has 0 saturated carbocycles. The van der Waals surface area contributed by atoms with Crippen molar-refractivity contribution in [3.8, 4) is 0 Å². The number of hydrogen-bond acceptors (Lipinski definition) is 7. The molecular weight excluding hydrogens is 364 g/mol. The van der Waals surface area contributed by atoms with Crippen LogP contribution in [0.1, 0.15) is 33.4 Å². The van der Waals surface area contributed by atoms with Crippen LogP contribution in [0.4, 0.5) is 5.95 Å². The van der Waals surface area contributed by atoms with Gasteiger partial charge in [-0.2, -0.15) is 4.98 Å². The summed E-state index contributed by atoms with van der Waals surface area (Å²) in [5, 5.41) is 2.60. The molecule has 0 bridgehead atoms. The van der Waals surface area contributed by atoms with Crippen molar-refractivity contribution >= 4 is 23.0 Å². The van der Waals surface area contributed by atoms with Gasteiger partial charge in [-0.05, 0) is 6.42 Å². The molecule has 1 amide bonds. The molecule has 1 fully saturated rings. The van der Waals surface area contributed by atoms with E-state index in [9.17, 15) is 9.59 Å². The number of imidazole rings is 1. The van der Waals surface area contributed by atoms with Crippen molar-refractivity contribution in [2.24, 2.45) is 11.7 Å². The molecule has 2 aromatic rings. The molecule has 4 atom stereocenters. The van der Waals surface area contributed by atoms with Gasteiger partial charge in [0.15, 0.2) is 17.4 Å². The molecule has 10 heteroatoms. The van der Waals surface area contributed by atoms with Crippen LogP contribution >= 0.6 is 0 Å². The van der Waals surface area contributed by atoms with Crippen molar-refractivity contribution in [2.45, 2.75) is 51.7 Å². The number of rotatable bonds is 7. The summed E-state index contributed by atoms with van der Waals surface area (Å²) in [6, 6.07) is -0.352. The van der Waals surface area contributed by atoms with Gasteiger partial charge in [0.1, 0.15) is 6.10 Å². The van der Waals surface area contributed by atoms with Crippen molar-refractivity contribution < 1.29 is 14.3 Å². The van der Waals surface area contributed by atoms with Crippen LogP contribution in [0.2, 0.25) is 0 Å². The molecule has 0 aromatic carbocycles. The molecule has 1 aliphatic rings. The molecule has 2 aromatic heterocycles. The summed E-state index contributed by atoms with van der Waals surface area (Å²) in [6.07, 6.45) is 2.54. The fourth-order valence-electron chi connectivity index (χ4n) is 3.15. The van der Waals surface area contributed by atoms with Gasteiger partial charge in [0.25, 0.3) is 5.56 Å². The summed E-state index contributed by atoms with van der Waals surface area (Å²) in [7, 11) is 0. The van der Waals surface area contributed by atoms with Crippen molar-refractivity contribution in [3.63, 3.8) is 0 Å². The standard InChI is InChI=1S/C18H26N6O4/c1-5-7-27-13-11(19)10(6-2)28-17(13)24-8-20-12-14(24)21-18(23-16(12)26)22-15(25)9(3)4/h5,8-11,13,17H,1,6-7,19H2,2-4H3,(H2,21,22,23,25,26)/t10-,11-,13-,17-/m1/s1. The second kappa shape index (κ2) is 8.21. The average molecular weight is 390 g/mol. The topological polar surface area (TPSA) is 137 Å². The molecule has 4 N–H and O–H groups in total. The Hall–Kier alpha value is -2.56. The second-order valence-corrected chi connectivity index (χ2v) is 7.02. The highest BCUT2D eigenvalue weighted by atomic mass is 16.6. The van der Waals surface area contributed by atoms with Crippen LogP contribution < -0.4 is 16.6 Å². The highest BCUT2D eigenvalue weighted by Crippen LogP contribution is 2.33. The van der Waals surface area contributed by atoms with Gasteiger partial charge in [-0.1, -0.05) is 26.8 Å². The average Bonchev–Trinajstić information content (AvgIpc) is 3.21. The summed E-state index contributed by atoms with van der Waals surface area (Å²) in [5.41, 5.74) is 6.28. The third kappa shape index (κ3) is 3.71. The van der Waals surface area contributed by atoms with Crippen LogP contribution in [0.3, 0.4) is 0 Å². The smallest absolute Gasteiger partial charge is 0.280 e. The van der Waals surface area contributed by atoms with Crippen LogP contribution in [0.25, 0.3) is 11.2 Å². The fourth-order valence-corrected chi connectivity index (χ4v) is 3.15. The predicted molar refractivity (Wildman–Crippen MR) is 104 cm³/mol. The largest absolute Gasteiger partial charge is 0.368 e. The summed E-state index contributed by atoms with van der Waals surface area (Å²) in [4.78, 5) is 35.4. The Morgan fingerprint density at radius 1 is 1.57 bits per heavy atom. The molecule has 0 unspecified atom stereocenters. The summed E-state index contributed by atoms with van der Waals surface area (Å²) in [6.45, 7) is 9.45. The first kappa shape index (κ1) is 20.2. The first-order valence-corrected chi connectivity index (χ1v) is 9.28. The van der Waals surface area contributed by atoms with Gasteiger partial charge >= 0.3 is 0 Å². The minimum absolute atomic E-state index is 0.0517. The van der Waals surface area contributed by atoms with Crippen molar-refractivity contribution in [3.05, 3.63) is 29.3 Å². The number of anilines is 1. The minimum atomic E-state index is -0.604. The lowest BCUT2D eigenvalue weighted by Crippen LogP contribution is -2.41. The zero-order valence-corrected chi connectivity index (χ0v) is 16.2. The number of H-pyrrole nitrogens is 1. The van der Waals surface area contributed by atoms with Crippen LogP contribution in [-0.4, -0.2) is 50.3 Å². The highest BCUT2D eigenvalue weighted by molar-refractivity contribution is 5.91. The number of aromatic nitrogens is 4. The van der Waals surface area contributed by atoms with E-state index in [-0.39, 0.29) is 41.1 Å². The maximum atomic E-state index is 12.4. The van der Waals surface area contributed by atoms with E-state index >= 15 is 0 Å². The lowest BCUT2D eigenvalue weighted by molar-refractivity contribution is -0.118. The van der Waals surface area contributed by atoms with Gasteiger partial charge in [-0.3, -0.25) is 24.5 Å². The van der Waals surface area contributed by atoms with Crippen LogP contribution in [0, 0.1) is 5.92 Å². The van der Waals surface area contributed by atoms with E-state index in [0.717, 1.165) is 0 Å². The van der Waals surface area contributed by atoms with E-state index < -0.39 is 17.9 Å². The maximum Gasteiger partial charge on any atom is 0.280 e. The van der Waals surface area contributed by atoms with E-state index in [4.69, 9.17) is 15.2 Å². The number of carbonyl (C=O) groups excluding carboxylic acids is 1. The van der Waals surface area contributed by atoms with E-state index in [2.05, 4.69) is 26.8 Å². The van der Waals surface area contributed by atoms with Crippen LogP contribution in [0.5, 0.6) is 0 Å².